The van der Waals surface area contributed by atoms with E-state index in [4.69, 9.17) is 0 Å². The van der Waals surface area contributed by atoms with Gasteiger partial charge in [-0.1, -0.05) is 24.3 Å². The van der Waals surface area contributed by atoms with E-state index in [-0.39, 0.29) is 5.91 Å². The summed E-state index contributed by atoms with van der Waals surface area (Å²) in [4.78, 5) is 25.0. The van der Waals surface area contributed by atoms with E-state index >= 15 is 0 Å². The van der Waals surface area contributed by atoms with Crippen molar-refractivity contribution < 1.29 is 14.7 Å². The highest BCUT2D eigenvalue weighted by atomic mass is 16.4. The van der Waals surface area contributed by atoms with Gasteiger partial charge in [-0.3, -0.25) is 4.79 Å². The fraction of sp³-hybridized carbons (Fsp3) is 0.467. The number of rotatable bonds is 3. The first-order valence-corrected chi connectivity index (χ1v) is 6.59. The van der Waals surface area contributed by atoms with Crippen LogP contribution in [0.2, 0.25) is 0 Å². The molecule has 1 N–H and O–H groups in total. The molecule has 4 nitrogen and oxygen atoms in total. The minimum atomic E-state index is -1.09. The minimum Gasteiger partial charge on any atom is -0.479 e. The topological polar surface area (TPSA) is 57.6 Å². The number of aryl methyl sites for hydroxylation is 1. The smallest absolute Gasteiger partial charge is 0.329 e. The molecule has 1 aliphatic carbocycles. The first kappa shape index (κ1) is 13.6. The first-order chi connectivity index (χ1) is 9.01. The molecule has 4 heteroatoms. The number of amides is 1. The molecule has 0 aliphatic heterocycles. The third kappa shape index (κ3) is 2.23. The van der Waals surface area contributed by atoms with Crippen LogP contribution in [-0.4, -0.2) is 34.0 Å². The highest BCUT2D eigenvalue weighted by molar-refractivity contribution is 5.86. The van der Waals surface area contributed by atoms with Crippen molar-refractivity contribution in [1.82, 2.24) is 4.90 Å². The van der Waals surface area contributed by atoms with E-state index in [1.54, 1.807) is 0 Å². The minimum absolute atomic E-state index is 0.177. The Morgan fingerprint density at radius 3 is 2.47 bits per heavy atom. The van der Waals surface area contributed by atoms with Gasteiger partial charge in [0.15, 0.2) is 0 Å². The van der Waals surface area contributed by atoms with Crippen LogP contribution in [0.4, 0.5) is 0 Å². The molecule has 19 heavy (non-hydrogen) atoms. The van der Waals surface area contributed by atoms with Crippen molar-refractivity contribution >= 4 is 11.9 Å². The van der Waals surface area contributed by atoms with E-state index in [1.807, 2.05) is 31.2 Å². The summed E-state index contributed by atoms with van der Waals surface area (Å²) in [7, 11) is 0. The van der Waals surface area contributed by atoms with Crippen LogP contribution in [0.25, 0.3) is 0 Å². The number of nitrogens with zero attached hydrogens (tertiary/aromatic N) is 1. The molecular weight excluding hydrogens is 242 g/mol. The normalized spacial score (nSPS) is 21.6. The van der Waals surface area contributed by atoms with Crippen LogP contribution in [0.5, 0.6) is 0 Å². The average Bonchev–Trinajstić information content (AvgIpc) is 2.38. The van der Waals surface area contributed by atoms with Crippen molar-refractivity contribution in [3.8, 4) is 0 Å². The number of aliphatic carboxylic acids is 1. The second kappa shape index (κ2) is 5.03. The van der Waals surface area contributed by atoms with Gasteiger partial charge in [0.1, 0.15) is 5.54 Å². The van der Waals surface area contributed by atoms with Gasteiger partial charge in [-0.2, -0.15) is 0 Å². The molecule has 0 spiro atoms. The zero-order valence-electron chi connectivity index (χ0n) is 11.3. The fourth-order valence-corrected chi connectivity index (χ4v) is 3.07. The second-order valence-electron chi connectivity index (χ2n) is 5.05. The van der Waals surface area contributed by atoms with Crippen LogP contribution in [0.3, 0.4) is 0 Å². The van der Waals surface area contributed by atoms with Crippen LogP contribution >= 0.6 is 0 Å². The molecule has 0 heterocycles. The van der Waals surface area contributed by atoms with Gasteiger partial charge in [0.05, 0.1) is 0 Å². The summed E-state index contributed by atoms with van der Waals surface area (Å²) in [6.45, 7) is 3.69. The average molecular weight is 261 g/mol. The molecule has 0 radical (unpaired) electrons. The molecular formula is C15H19NO3. The van der Waals surface area contributed by atoms with E-state index in [2.05, 4.69) is 0 Å². The van der Waals surface area contributed by atoms with E-state index in [0.29, 0.717) is 25.8 Å². The van der Waals surface area contributed by atoms with Crippen molar-refractivity contribution in [3.63, 3.8) is 0 Å². The number of carboxylic acid groups (broad SMARTS) is 1. The number of carbonyl (C=O) groups is 2. The summed E-state index contributed by atoms with van der Waals surface area (Å²) in [5.74, 6) is -1.08. The standard InChI is InChI=1S/C15H19NO3/c1-3-16(11(2)17)15(14(18)19)9-8-12-6-4-5-7-13(12)10-15/h4-7H,3,8-10H2,1-2H3,(H,18,19). The molecule has 1 unspecified atom stereocenters. The summed E-state index contributed by atoms with van der Waals surface area (Å²) in [6.07, 6.45) is 1.57. The van der Waals surface area contributed by atoms with Crippen molar-refractivity contribution in [3.05, 3.63) is 35.4 Å². The van der Waals surface area contributed by atoms with Crippen LogP contribution in [-0.2, 0) is 22.4 Å². The highest BCUT2D eigenvalue weighted by Crippen LogP contribution is 2.33. The number of fused-ring (bicyclic) bond motifs is 1. The van der Waals surface area contributed by atoms with Crippen molar-refractivity contribution in [2.24, 2.45) is 0 Å². The SMILES string of the molecule is CCN(C(C)=O)C1(C(=O)O)CCc2ccccc2C1. The lowest BCUT2D eigenvalue weighted by Crippen LogP contribution is -2.59. The van der Waals surface area contributed by atoms with Crippen molar-refractivity contribution in [1.29, 1.82) is 0 Å². The first-order valence-electron chi connectivity index (χ1n) is 6.59. The third-order valence-corrected chi connectivity index (χ3v) is 4.02. The lowest BCUT2D eigenvalue weighted by Gasteiger charge is -2.42. The van der Waals surface area contributed by atoms with Crippen LogP contribution in [0, 0.1) is 0 Å². The number of benzene rings is 1. The van der Waals surface area contributed by atoms with Crippen LogP contribution in [0.15, 0.2) is 24.3 Å². The largest absolute Gasteiger partial charge is 0.479 e. The molecule has 1 atom stereocenters. The molecule has 1 aromatic rings. The molecule has 102 valence electrons. The second-order valence-corrected chi connectivity index (χ2v) is 5.05. The summed E-state index contributed by atoms with van der Waals surface area (Å²) in [5, 5.41) is 9.67. The Bertz CT molecular complexity index is 512. The van der Waals surface area contributed by atoms with E-state index < -0.39 is 11.5 Å². The van der Waals surface area contributed by atoms with E-state index in [9.17, 15) is 14.7 Å². The van der Waals surface area contributed by atoms with Crippen LogP contribution in [0.1, 0.15) is 31.4 Å². The van der Waals surface area contributed by atoms with Gasteiger partial charge in [0.25, 0.3) is 0 Å². The Kier molecular flexibility index (Phi) is 3.60. The van der Waals surface area contributed by atoms with Crippen LogP contribution < -0.4 is 0 Å². The molecule has 0 fully saturated rings. The van der Waals surface area contributed by atoms with Gasteiger partial charge in [0.2, 0.25) is 5.91 Å². The summed E-state index contributed by atoms with van der Waals surface area (Å²) in [6, 6.07) is 7.88. The predicted molar refractivity (Wildman–Crippen MR) is 71.9 cm³/mol. The Morgan fingerprint density at radius 2 is 1.95 bits per heavy atom. The van der Waals surface area contributed by atoms with Crippen molar-refractivity contribution in [2.75, 3.05) is 6.54 Å². The maximum atomic E-state index is 11.8. The Morgan fingerprint density at radius 1 is 1.32 bits per heavy atom. The summed E-state index contributed by atoms with van der Waals surface area (Å²) >= 11 is 0. The fourth-order valence-electron chi connectivity index (χ4n) is 3.07. The number of carbonyl (C=O) groups excluding carboxylic acids is 1. The Labute approximate surface area is 113 Å². The summed E-state index contributed by atoms with van der Waals surface area (Å²) in [5.41, 5.74) is 1.14. The van der Waals surface area contributed by atoms with Gasteiger partial charge >= 0.3 is 5.97 Å². The zero-order chi connectivity index (χ0) is 14.0. The van der Waals surface area contributed by atoms with Gasteiger partial charge in [-0.15, -0.1) is 0 Å². The van der Waals surface area contributed by atoms with Gasteiger partial charge in [-0.05, 0) is 30.9 Å². The molecule has 0 saturated carbocycles. The lowest BCUT2D eigenvalue weighted by molar-refractivity contribution is -0.159. The highest BCUT2D eigenvalue weighted by Gasteiger charge is 2.47. The maximum absolute atomic E-state index is 11.8. The third-order valence-electron chi connectivity index (χ3n) is 4.02. The van der Waals surface area contributed by atoms with E-state index in [0.717, 1.165) is 5.56 Å². The van der Waals surface area contributed by atoms with Gasteiger partial charge < -0.3 is 10.0 Å². The monoisotopic (exact) mass is 261 g/mol. The Hall–Kier alpha value is -1.84. The molecule has 0 aromatic heterocycles. The maximum Gasteiger partial charge on any atom is 0.329 e. The number of hydrogen-bond donors (Lipinski definition) is 1. The Balaban J connectivity index is 2.44. The molecule has 1 amide bonds. The molecule has 0 saturated heterocycles. The molecule has 1 aromatic carbocycles. The van der Waals surface area contributed by atoms with Crippen molar-refractivity contribution in [2.45, 2.75) is 38.6 Å². The van der Waals surface area contributed by atoms with E-state index in [1.165, 1.54) is 17.4 Å². The number of carboxylic acids is 1. The molecule has 1 aliphatic rings. The van der Waals surface area contributed by atoms with Gasteiger partial charge in [-0.25, -0.2) is 4.79 Å². The number of likely N-dealkylation sites (N-methyl/N-ethyl adjacent to an activating group) is 1. The predicted octanol–water partition coefficient (Wildman–Crippen LogP) is 1.87. The quantitative estimate of drug-likeness (QED) is 0.903. The van der Waals surface area contributed by atoms with Gasteiger partial charge in [0, 0.05) is 19.9 Å². The molecule has 0 bridgehead atoms. The number of hydrogen-bond acceptors (Lipinski definition) is 2. The lowest BCUT2D eigenvalue weighted by atomic mass is 9.76. The molecule has 2 rings (SSSR count). The summed E-state index contributed by atoms with van der Waals surface area (Å²) < 4.78 is 0. The zero-order valence-corrected chi connectivity index (χ0v) is 11.3.